The van der Waals surface area contributed by atoms with E-state index in [1.165, 1.54) is 5.56 Å². The van der Waals surface area contributed by atoms with Gasteiger partial charge in [0.1, 0.15) is 5.03 Å². The zero-order chi connectivity index (χ0) is 10.7. The van der Waals surface area contributed by atoms with Crippen molar-refractivity contribution in [2.75, 3.05) is 5.73 Å². The lowest BCUT2D eigenvalue weighted by molar-refractivity contribution is 1.11. The Kier molecular flexibility index (Phi) is 2.87. The third-order valence-corrected chi connectivity index (χ3v) is 2.94. The molecule has 0 aliphatic rings. The van der Waals surface area contributed by atoms with Crippen LogP contribution in [0.15, 0.2) is 46.7 Å². The quantitative estimate of drug-likeness (QED) is 0.839. The molecule has 0 saturated carbocycles. The molecule has 3 nitrogen and oxygen atoms in total. The Labute approximate surface area is 92.8 Å². The van der Waals surface area contributed by atoms with Gasteiger partial charge in [0.15, 0.2) is 0 Å². The molecule has 0 aromatic carbocycles. The van der Waals surface area contributed by atoms with E-state index in [1.54, 1.807) is 30.4 Å². The molecule has 0 spiro atoms. The normalized spacial score (nSPS) is 10.2. The first kappa shape index (κ1) is 9.98. The Morgan fingerprint density at radius 1 is 1.27 bits per heavy atom. The number of nitrogens with two attached hydrogens (primary N) is 1. The standard InChI is InChI=1S/C11H11N3S/c1-8-2-5-14-11(6-8)15-10-3-4-13-7-9(10)12/h2-7H,12H2,1H3. The van der Waals surface area contributed by atoms with Gasteiger partial charge in [0.2, 0.25) is 0 Å². The van der Waals surface area contributed by atoms with Gasteiger partial charge < -0.3 is 5.73 Å². The highest BCUT2D eigenvalue weighted by atomic mass is 32.2. The third-order valence-electron chi connectivity index (χ3n) is 1.91. The second-order valence-electron chi connectivity index (χ2n) is 3.19. The highest BCUT2D eigenvalue weighted by Gasteiger charge is 2.02. The zero-order valence-electron chi connectivity index (χ0n) is 8.34. The topological polar surface area (TPSA) is 51.8 Å². The van der Waals surface area contributed by atoms with Crippen LogP contribution < -0.4 is 5.73 Å². The lowest BCUT2D eigenvalue weighted by Gasteiger charge is -2.03. The Morgan fingerprint density at radius 3 is 2.87 bits per heavy atom. The van der Waals surface area contributed by atoms with E-state index >= 15 is 0 Å². The van der Waals surface area contributed by atoms with Crippen molar-refractivity contribution >= 4 is 17.4 Å². The van der Waals surface area contributed by atoms with Crippen molar-refractivity contribution in [1.82, 2.24) is 9.97 Å². The van der Waals surface area contributed by atoms with Gasteiger partial charge in [-0.1, -0.05) is 11.8 Å². The van der Waals surface area contributed by atoms with E-state index in [0.29, 0.717) is 5.69 Å². The Hall–Kier alpha value is -1.55. The van der Waals surface area contributed by atoms with Crippen LogP contribution in [0, 0.1) is 6.92 Å². The molecule has 2 aromatic rings. The van der Waals surface area contributed by atoms with E-state index in [-0.39, 0.29) is 0 Å². The van der Waals surface area contributed by atoms with Crippen molar-refractivity contribution in [3.63, 3.8) is 0 Å². The molecule has 0 amide bonds. The summed E-state index contributed by atoms with van der Waals surface area (Å²) < 4.78 is 0. The molecule has 0 atom stereocenters. The average molecular weight is 217 g/mol. The first-order valence-electron chi connectivity index (χ1n) is 4.56. The molecule has 0 aliphatic heterocycles. The summed E-state index contributed by atoms with van der Waals surface area (Å²) in [6, 6.07) is 5.90. The summed E-state index contributed by atoms with van der Waals surface area (Å²) in [6.45, 7) is 2.04. The van der Waals surface area contributed by atoms with E-state index in [4.69, 9.17) is 5.73 Å². The largest absolute Gasteiger partial charge is 0.397 e. The van der Waals surface area contributed by atoms with Gasteiger partial charge in [-0.2, -0.15) is 0 Å². The van der Waals surface area contributed by atoms with E-state index in [9.17, 15) is 0 Å². The number of nitrogens with zero attached hydrogens (tertiary/aromatic N) is 2. The Balaban J connectivity index is 2.26. The number of aryl methyl sites for hydroxylation is 1. The molecule has 2 heterocycles. The van der Waals surface area contributed by atoms with E-state index in [0.717, 1.165) is 9.92 Å². The minimum atomic E-state index is 0.686. The lowest BCUT2D eigenvalue weighted by Crippen LogP contribution is -1.89. The summed E-state index contributed by atoms with van der Waals surface area (Å²) in [7, 11) is 0. The van der Waals surface area contributed by atoms with Gasteiger partial charge in [0.25, 0.3) is 0 Å². The third kappa shape index (κ3) is 2.47. The van der Waals surface area contributed by atoms with Gasteiger partial charge in [-0.3, -0.25) is 4.98 Å². The predicted octanol–water partition coefficient (Wildman–Crippen LogP) is 2.52. The Bertz CT molecular complexity index is 471. The second kappa shape index (κ2) is 4.31. The molecule has 0 bridgehead atoms. The van der Waals surface area contributed by atoms with Gasteiger partial charge >= 0.3 is 0 Å². The van der Waals surface area contributed by atoms with E-state index in [2.05, 4.69) is 9.97 Å². The zero-order valence-corrected chi connectivity index (χ0v) is 9.16. The molecule has 15 heavy (non-hydrogen) atoms. The van der Waals surface area contributed by atoms with Gasteiger partial charge in [-0.05, 0) is 30.7 Å². The number of nitrogen functional groups attached to an aromatic ring is 1. The van der Waals surface area contributed by atoms with Crippen molar-refractivity contribution < 1.29 is 0 Å². The number of hydrogen-bond acceptors (Lipinski definition) is 4. The summed E-state index contributed by atoms with van der Waals surface area (Å²) in [5.41, 5.74) is 7.68. The maximum absolute atomic E-state index is 5.80. The lowest BCUT2D eigenvalue weighted by atomic mass is 10.3. The summed E-state index contributed by atoms with van der Waals surface area (Å²) in [5.74, 6) is 0. The number of aromatic nitrogens is 2. The fourth-order valence-corrected chi connectivity index (χ4v) is 2.05. The highest BCUT2D eigenvalue weighted by Crippen LogP contribution is 2.29. The van der Waals surface area contributed by atoms with Crippen LogP contribution in [0.4, 0.5) is 5.69 Å². The molecule has 2 rings (SSSR count). The van der Waals surface area contributed by atoms with Crippen LogP contribution in [0.1, 0.15) is 5.56 Å². The average Bonchev–Trinajstić information content (AvgIpc) is 2.22. The van der Waals surface area contributed by atoms with E-state index in [1.807, 2.05) is 25.1 Å². The fourth-order valence-electron chi connectivity index (χ4n) is 1.16. The van der Waals surface area contributed by atoms with Crippen molar-refractivity contribution in [2.45, 2.75) is 16.8 Å². The minimum absolute atomic E-state index is 0.686. The molecular weight excluding hydrogens is 206 g/mol. The molecule has 0 saturated heterocycles. The van der Waals surface area contributed by atoms with Gasteiger partial charge in [-0.15, -0.1) is 0 Å². The van der Waals surface area contributed by atoms with Crippen molar-refractivity contribution in [1.29, 1.82) is 0 Å². The first-order valence-corrected chi connectivity index (χ1v) is 5.37. The van der Waals surface area contributed by atoms with Crippen LogP contribution in [0.3, 0.4) is 0 Å². The minimum Gasteiger partial charge on any atom is -0.397 e. The van der Waals surface area contributed by atoms with Crippen LogP contribution in [-0.2, 0) is 0 Å². The summed E-state index contributed by atoms with van der Waals surface area (Å²) in [5, 5.41) is 0.952. The van der Waals surface area contributed by atoms with E-state index < -0.39 is 0 Å². The molecule has 0 aliphatic carbocycles. The number of rotatable bonds is 2. The molecule has 76 valence electrons. The van der Waals surface area contributed by atoms with Crippen LogP contribution >= 0.6 is 11.8 Å². The van der Waals surface area contributed by atoms with Crippen LogP contribution in [-0.4, -0.2) is 9.97 Å². The van der Waals surface area contributed by atoms with Crippen molar-refractivity contribution in [2.24, 2.45) is 0 Å². The van der Waals surface area contributed by atoms with Gasteiger partial charge in [-0.25, -0.2) is 4.98 Å². The van der Waals surface area contributed by atoms with Crippen molar-refractivity contribution in [3.05, 3.63) is 42.4 Å². The maximum Gasteiger partial charge on any atom is 0.101 e. The summed E-state index contributed by atoms with van der Waals surface area (Å²) in [4.78, 5) is 9.20. The second-order valence-corrected chi connectivity index (χ2v) is 4.25. The molecule has 0 radical (unpaired) electrons. The van der Waals surface area contributed by atoms with Gasteiger partial charge in [0, 0.05) is 17.3 Å². The molecular formula is C11H11N3S. The molecule has 0 unspecified atom stereocenters. The van der Waals surface area contributed by atoms with Crippen LogP contribution in [0.2, 0.25) is 0 Å². The maximum atomic E-state index is 5.80. The molecule has 4 heteroatoms. The SMILES string of the molecule is Cc1ccnc(Sc2ccncc2N)c1. The summed E-state index contributed by atoms with van der Waals surface area (Å²) >= 11 is 1.55. The molecule has 2 aromatic heterocycles. The number of anilines is 1. The van der Waals surface area contributed by atoms with Crippen molar-refractivity contribution in [3.8, 4) is 0 Å². The smallest absolute Gasteiger partial charge is 0.101 e. The van der Waals surface area contributed by atoms with Gasteiger partial charge in [0.05, 0.1) is 11.9 Å². The monoisotopic (exact) mass is 217 g/mol. The summed E-state index contributed by atoms with van der Waals surface area (Å²) in [6.07, 6.45) is 5.18. The van der Waals surface area contributed by atoms with Crippen LogP contribution in [0.5, 0.6) is 0 Å². The first-order chi connectivity index (χ1) is 7.25. The number of hydrogen-bond donors (Lipinski definition) is 1. The van der Waals surface area contributed by atoms with Crippen LogP contribution in [0.25, 0.3) is 0 Å². The fraction of sp³-hybridized carbons (Fsp3) is 0.0909. The highest BCUT2D eigenvalue weighted by molar-refractivity contribution is 7.99. The molecule has 2 N–H and O–H groups in total. The number of pyridine rings is 2. The predicted molar refractivity (Wildman–Crippen MR) is 61.7 cm³/mol. The molecule has 0 fully saturated rings. The Morgan fingerprint density at radius 2 is 2.13 bits per heavy atom.